The van der Waals surface area contributed by atoms with Crippen molar-refractivity contribution in [1.29, 1.82) is 0 Å². The van der Waals surface area contributed by atoms with Crippen LogP contribution in [0.5, 0.6) is 0 Å². The standard InChI is InChI=1S/C14H27N3O3S/c1-5-15-11-13-10-14(12(4)20-13)21(18,19)16-8-9-17(6-2)7-3/h10,15-16H,5-9,11H2,1-4H3. The highest BCUT2D eigenvalue weighted by atomic mass is 32.2. The van der Waals surface area contributed by atoms with Crippen LogP contribution in [-0.4, -0.2) is 46.0 Å². The van der Waals surface area contributed by atoms with Gasteiger partial charge in [-0.3, -0.25) is 0 Å². The summed E-state index contributed by atoms with van der Waals surface area (Å²) in [6.45, 7) is 12.1. The van der Waals surface area contributed by atoms with E-state index in [9.17, 15) is 8.42 Å². The zero-order valence-electron chi connectivity index (χ0n) is 13.4. The average molecular weight is 317 g/mol. The minimum absolute atomic E-state index is 0.231. The fraction of sp³-hybridized carbons (Fsp3) is 0.714. The Bertz CT molecular complexity index is 522. The van der Waals surface area contributed by atoms with E-state index in [1.54, 1.807) is 13.0 Å². The summed E-state index contributed by atoms with van der Waals surface area (Å²) in [6.07, 6.45) is 0. The minimum atomic E-state index is -3.51. The van der Waals surface area contributed by atoms with Gasteiger partial charge in [-0.2, -0.15) is 0 Å². The van der Waals surface area contributed by atoms with Crippen LogP contribution in [0.25, 0.3) is 0 Å². The molecule has 0 amide bonds. The predicted octanol–water partition coefficient (Wildman–Crippen LogP) is 1.32. The Morgan fingerprint density at radius 2 is 1.90 bits per heavy atom. The Labute approximate surface area is 127 Å². The number of likely N-dealkylation sites (N-methyl/N-ethyl adjacent to an activating group) is 1. The Morgan fingerprint density at radius 3 is 2.48 bits per heavy atom. The van der Waals surface area contributed by atoms with Gasteiger partial charge >= 0.3 is 0 Å². The maximum absolute atomic E-state index is 12.3. The first kappa shape index (κ1) is 18.2. The molecule has 0 saturated heterocycles. The third-order valence-corrected chi connectivity index (χ3v) is 4.95. The fourth-order valence-corrected chi connectivity index (χ4v) is 3.30. The van der Waals surface area contributed by atoms with Crippen LogP contribution in [-0.2, 0) is 16.6 Å². The molecule has 6 nitrogen and oxygen atoms in total. The Hall–Kier alpha value is -0.890. The molecule has 0 aliphatic heterocycles. The lowest BCUT2D eigenvalue weighted by Crippen LogP contribution is -2.34. The number of nitrogens with zero attached hydrogens (tertiary/aromatic N) is 1. The SMILES string of the molecule is CCNCc1cc(S(=O)(=O)NCCN(CC)CC)c(C)o1. The average Bonchev–Trinajstić information content (AvgIpc) is 2.83. The van der Waals surface area contributed by atoms with Gasteiger partial charge in [0, 0.05) is 19.2 Å². The molecule has 7 heteroatoms. The lowest BCUT2D eigenvalue weighted by molar-refractivity contribution is 0.309. The molecular weight excluding hydrogens is 290 g/mol. The first-order chi connectivity index (χ1) is 9.94. The molecule has 0 saturated carbocycles. The molecule has 1 heterocycles. The van der Waals surface area contributed by atoms with Gasteiger partial charge in [-0.1, -0.05) is 20.8 Å². The molecule has 0 bridgehead atoms. The van der Waals surface area contributed by atoms with Crippen LogP contribution >= 0.6 is 0 Å². The van der Waals surface area contributed by atoms with Crippen molar-refractivity contribution in [3.8, 4) is 0 Å². The van der Waals surface area contributed by atoms with Gasteiger partial charge in [0.25, 0.3) is 0 Å². The molecular formula is C14H27N3O3S. The molecule has 1 aromatic rings. The summed E-state index contributed by atoms with van der Waals surface area (Å²) in [5.74, 6) is 1.07. The second-order valence-electron chi connectivity index (χ2n) is 4.84. The molecule has 21 heavy (non-hydrogen) atoms. The number of aryl methyl sites for hydroxylation is 1. The van der Waals surface area contributed by atoms with Crippen LogP contribution in [0.2, 0.25) is 0 Å². The van der Waals surface area contributed by atoms with Gasteiger partial charge in [-0.05, 0) is 26.6 Å². The molecule has 0 unspecified atom stereocenters. The molecule has 1 aromatic heterocycles. The highest BCUT2D eigenvalue weighted by Gasteiger charge is 2.21. The first-order valence-electron chi connectivity index (χ1n) is 7.46. The zero-order chi connectivity index (χ0) is 15.9. The van der Waals surface area contributed by atoms with Crippen LogP contribution in [0.15, 0.2) is 15.4 Å². The van der Waals surface area contributed by atoms with Gasteiger partial charge in [0.1, 0.15) is 16.4 Å². The molecule has 0 aromatic carbocycles. The monoisotopic (exact) mass is 317 g/mol. The van der Waals surface area contributed by atoms with Crippen molar-refractivity contribution in [2.75, 3.05) is 32.7 Å². The van der Waals surface area contributed by atoms with Crippen molar-refractivity contribution >= 4 is 10.0 Å². The van der Waals surface area contributed by atoms with E-state index in [0.717, 1.165) is 19.6 Å². The fourth-order valence-electron chi connectivity index (χ4n) is 2.08. The van der Waals surface area contributed by atoms with E-state index in [-0.39, 0.29) is 4.90 Å². The zero-order valence-corrected chi connectivity index (χ0v) is 14.2. The molecule has 0 spiro atoms. The summed E-state index contributed by atoms with van der Waals surface area (Å²) >= 11 is 0. The first-order valence-corrected chi connectivity index (χ1v) is 8.94. The van der Waals surface area contributed by atoms with Gasteiger partial charge in [0.05, 0.1) is 6.54 Å². The number of sulfonamides is 1. The van der Waals surface area contributed by atoms with Crippen molar-refractivity contribution in [2.24, 2.45) is 0 Å². The van der Waals surface area contributed by atoms with Crippen molar-refractivity contribution in [3.63, 3.8) is 0 Å². The molecule has 122 valence electrons. The van der Waals surface area contributed by atoms with Crippen molar-refractivity contribution < 1.29 is 12.8 Å². The number of hydrogen-bond donors (Lipinski definition) is 2. The molecule has 0 radical (unpaired) electrons. The second-order valence-corrected chi connectivity index (χ2v) is 6.57. The molecule has 0 fully saturated rings. The van der Waals surface area contributed by atoms with E-state index in [0.29, 0.717) is 31.2 Å². The van der Waals surface area contributed by atoms with E-state index in [1.807, 2.05) is 6.92 Å². The molecule has 0 aliphatic carbocycles. The lowest BCUT2D eigenvalue weighted by atomic mass is 10.4. The van der Waals surface area contributed by atoms with Gasteiger partial charge in [0.15, 0.2) is 0 Å². The van der Waals surface area contributed by atoms with Gasteiger partial charge in [-0.15, -0.1) is 0 Å². The Morgan fingerprint density at radius 1 is 1.24 bits per heavy atom. The molecule has 1 rings (SSSR count). The van der Waals surface area contributed by atoms with Gasteiger partial charge < -0.3 is 14.6 Å². The number of rotatable bonds is 10. The highest BCUT2D eigenvalue weighted by molar-refractivity contribution is 7.89. The molecule has 0 aliphatic rings. The topological polar surface area (TPSA) is 74.6 Å². The molecule has 2 N–H and O–H groups in total. The summed E-state index contributed by atoms with van der Waals surface area (Å²) in [5.41, 5.74) is 0. The van der Waals surface area contributed by atoms with E-state index < -0.39 is 10.0 Å². The van der Waals surface area contributed by atoms with Crippen LogP contribution in [0, 0.1) is 6.92 Å². The maximum Gasteiger partial charge on any atom is 0.244 e. The Kier molecular flexibility index (Phi) is 7.37. The number of hydrogen-bond acceptors (Lipinski definition) is 5. The normalized spacial score (nSPS) is 12.2. The van der Waals surface area contributed by atoms with Crippen molar-refractivity contribution in [3.05, 3.63) is 17.6 Å². The quantitative estimate of drug-likeness (QED) is 0.681. The summed E-state index contributed by atoms with van der Waals surface area (Å²) < 4.78 is 32.7. The summed E-state index contributed by atoms with van der Waals surface area (Å²) in [7, 11) is -3.51. The van der Waals surface area contributed by atoms with Crippen LogP contribution in [0.4, 0.5) is 0 Å². The van der Waals surface area contributed by atoms with Crippen LogP contribution < -0.4 is 10.0 Å². The third-order valence-electron chi connectivity index (χ3n) is 3.38. The lowest BCUT2D eigenvalue weighted by Gasteiger charge is -2.17. The summed E-state index contributed by atoms with van der Waals surface area (Å²) in [5, 5.41) is 3.11. The van der Waals surface area contributed by atoms with Gasteiger partial charge in [0.2, 0.25) is 10.0 Å². The largest absolute Gasteiger partial charge is 0.464 e. The third kappa shape index (κ3) is 5.43. The smallest absolute Gasteiger partial charge is 0.244 e. The summed E-state index contributed by atoms with van der Waals surface area (Å²) in [4.78, 5) is 2.40. The molecule has 0 atom stereocenters. The van der Waals surface area contributed by atoms with Crippen LogP contribution in [0.3, 0.4) is 0 Å². The highest BCUT2D eigenvalue weighted by Crippen LogP contribution is 2.19. The van der Waals surface area contributed by atoms with E-state index in [1.165, 1.54) is 0 Å². The van der Waals surface area contributed by atoms with E-state index in [2.05, 4.69) is 28.8 Å². The van der Waals surface area contributed by atoms with Gasteiger partial charge in [-0.25, -0.2) is 13.1 Å². The summed E-state index contributed by atoms with van der Waals surface area (Å²) in [6, 6.07) is 1.59. The maximum atomic E-state index is 12.3. The van der Waals surface area contributed by atoms with E-state index in [4.69, 9.17) is 4.42 Å². The number of furan rings is 1. The second kappa shape index (κ2) is 8.53. The predicted molar refractivity (Wildman–Crippen MR) is 83.8 cm³/mol. The van der Waals surface area contributed by atoms with Crippen LogP contribution in [0.1, 0.15) is 32.3 Å². The van der Waals surface area contributed by atoms with E-state index >= 15 is 0 Å². The van der Waals surface area contributed by atoms with Crippen molar-refractivity contribution in [1.82, 2.24) is 14.9 Å². The van der Waals surface area contributed by atoms with Crippen molar-refractivity contribution in [2.45, 2.75) is 39.1 Å². The number of nitrogens with one attached hydrogen (secondary N) is 2. The Balaban J connectivity index is 2.67. The minimum Gasteiger partial charge on any atom is -0.464 e.